The van der Waals surface area contributed by atoms with Crippen LogP contribution in [0.3, 0.4) is 0 Å². The molecular weight excluding hydrogens is 663 g/mol. The second kappa shape index (κ2) is 12.1. The fourth-order valence-corrected chi connectivity index (χ4v) is 7.77. The molecule has 5 heteroatoms. The van der Waals surface area contributed by atoms with Crippen molar-refractivity contribution in [3.63, 3.8) is 0 Å². The molecule has 0 fully saturated rings. The third-order valence-electron chi connectivity index (χ3n) is 10.3. The van der Waals surface area contributed by atoms with Crippen molar-refractivity contribution in [3.05, 3.63) is 176 Å². The Morgan fingerprint density at radius 3 is 1.72 bits per heavy atom. The predicted octanol–water partition coefficient (Wildman–Crippen LogP) is 13.2. The average molecular weight is 692 g/mol. The van der Waals surface area contributed by atoms with Crippen molar-refractivity contribution in [2.75, 3.05) is 0 Å². The highest BCUT2D eigenvalue weighted by Crippen LogP contribution is 2.43. The monoisotopic (exact) mass is 691 g/mol. The molecule has 0 N–H and O–H groups in total. The molecule has 11 rings (SSSR count). The second-order valence-corrected chi connectivity index (χ2v) is 13.6. The van der Waals surface area contributed by atoms with Crippen LogP contribution in [0.4, 0.5) is 0 Å². The average Bonchev–Trinajstić information content (AvgIpc) is 3.83. The van der Waals surface area contributed by atoms with E-state index in [2.05, 4.69) is 133 Å². The maximum Gasteiger partial charge on any atom is 0.164 e. The van der Waals surface area contributed by atoms with Gasteiger partial charge in [-0.2, -0.15) is 0 Å². The zero-order chi connectivity index (χ0) is 35.6. The van der Waals surface area contributed by atoms with Crippen molar-refractivity contribution in [2.45, 2.75) is 0 Å². The largest absolute Gasteiger partial charge is 0.456 e. The van der Waals surface area contributed by atoms with E-state index in [9.17, 15) is 0 Å². The molecule has 0 aliphatic heterocycles. The highest BCUT2D eigenvalue weighted by atomic mass is 16.3. The van der Waals surface area contributed by atoms with E-state index in [1.807, 2.05) is 42.5 Å². The fraction of sp³-hybridized carbons (Fsp3) is 0. The lowest BCUT2D eigenvalue weighted by Crippen LogP contribution is -2.00. The standard InChI is InChI=1S/C49H29N3O2/c1-2-11-30(12-3-1)32-23-26-33(27-24-32)47-50-48(35-28-25-31-13-4-5-14-34(31)29-35)52-49(51-47)40-19-10-22-43-45(40)39-18-8-17-37(46(39)54-43)36-16-9-21-42-44(36)38-15-6-7-20-41(38)53-42/h1-29H. The van der Waals surface area contributed by atoms with Crippen molar-refractivity contribution in [1.82, 2.24) is 15.0 Å². The maximum atomic E-state index is 6.77. The molecule has 8 aromatic carbocycles. The Morgan fingerprint density at radius 2 is 0.870 bits per heavy atom. The highest BCUT2D eigenvalue weighted by molar-refractivity contribution is 6.19. The first kappa shape index (κ1) is 30.3. The first-order valence-corrected chi connectivity index (χ1v) is 18.0. The summed E-state index contributed by atoms with van der Waals surface area (Å²) in [5.41, 5.74) is 10.3. The van der Waals surface area contributed by atoms with Crippen LogP contribution in [0, 0.1) is 0 Å². The van der Waals surface area contributed by atoms with Crippen LogP contribution in [0.15, 0.2) is 185 Å². The van der Waals surface area contributed by atoms with E-state index < -0.39 is 0 Å². The van der Waals surface area contributed by atoms with Gasteiger partial charge in [-0.05, 0) is 51.7 Å². The molecule has 252 valence electrons. The van der Waals surface area contributed by atoms with Gasteiger partial charge in [0.05, 0.1) is 0 Å². The summed E-state index contributed by atoms with van der Waals surface area (Å²) >= 11 is 0. The smallest absolute Gasteiger partial charge is 0.164 e. The van der Waals surface area contributed by atoms with Crippen molar-refractivity contribution in [2.24, 2.45) is 0 Å². The van der Waals surface area contributed by atoms with Gasteiger partial charge >= 0.3 is 0 Å². The first-order valence-electron chi connectivity index (χ1n) is 18.0. The minimum absolute atomic E-state index is 0.580. The van der Waals surface area contributed by atoms with Gasteiger partial charge in [-0.1, -0.05) is 152 Å². The Bertz CT molecular complexity index is 3210. The maximum absolute atomic E-state index is 6.77. The highest BCUT2D eigenvalue weighted by Gasteiger charge is 2.21. The summed E-state index contributed by atoms with van der Waals surface area (Å²) in [7, 11) is 0. The predicted molar refractivity (Wildman–Crippen MR) is 219 cm³/mol. The van der Waals surface area contributed by atoms with E-state index in [0.717, 1.165) is 93.6 Å². The van der Waals surface area contributed by atoms with Gasteiger partial charge < -0.3 is 8.83 Å². The number of para-hydroxylation sites is 2. The number of fused-ring (bicyclic) bond motifs is 7. The Kier molecular flexibility index (Phi) is 6.79. The molecule has 0 spiro atoms. The van der Waals surface area contributed by atoms with E-state index in [4.69, 9.17) is 23.8 Å². The zero-order valence-corrected chi connectivity index (χ0v) is 28.9. The molecule has 3 heterocycles. The van der Waals surface area contributed by atoms with Crippen LogP contribution in [0.2, 0.25) is 0 Å². The number of hydrogen-bond acceptors (Lipinski definition) is 5. The number of nitrogens with zero attached hydrogens (tertiary/aromatic N) is 3. The molecule has 0 unspecified atom stereocenters. The van der Waals surface area contributed by atoms with E-state index in [1.165, 1.54) is 0 Å². The van der Waals surface area contributed by atoms with Crippen LogP contribution in [-0.4, -0.2) is 15.0 Å². The first-order chi connectivity index (χ1) is 26.7. The lowest BCUT2D eigenvalue weighted by atomic mass is 9.97. The molecule has 5 nitrogen and oxygen atoms in total. The van der Waals surface area contributed by atoms with Crippen molar-refractivity contribution >= 4 is 54.6 Å². The third kappa shape index (κ3) is 4.90. The summed E-state index contributed by atoms with van der Waals surface area (Å²) in [6, 6.07) is 60.4. The molecule has 0 aliphatic rings. The summed E-state index contributed by atoms with van der Waals surface area (Å²) in [6.45, 7) is 0. The lowest BCUT2D eigenvalue weighted by molar-refractivity contribution is 0.668. The number of furan rings is 2. The molecule has 0 saturated heterocycles. The van der Waals surface area contributed by atoms with Gasteiger partial charge in [0.15, 0.2) is 17.5 Å². The SMILES string of the molecule is c1ccc(-c2ccc(-c3nc(-c4ccc5ccccc5c4)nc(-c4cccc5oc6c(-c7cccc8oc9ccccc9c78)cccc6c45)n3)cc2)cc1. The van der Waals surface area contributed by atoms with E-state index in [0.29, 0.717) is 17.5 Å². The summed E-state index contributed by atoms with van der Waals surface area (Å²) in [5, 5.41) is 6.39. The van der Waals surface area contributed by atoms with Gasteiger partial charge in [0.25, 0.3) is 0 Å². The van der Waals surface area contributed by atoms with Gasteiger partial charge in [-0.3, -0.25) is 0 Å². The molecule has 0 saturated carbocycles. The molecule has 54 heavy (non-hydrogen) atoms. The molecule has 3 aromatic heterocycles. The topological polar surface area (TPSA) is 65.0 Å². The van der Waals surface area contributed by atoms with Crippen molar-refractivity contribution < 1.29 is 8.83 Å². The number of aromatic nitrogens is 3. The Morgan fingerprint density at radius 1 is 0.315 bits per heavy atom. The van der Waals surface area contributed by atoms with Crippen molar-refractivity contribution in [1.29, 1.82) is 0 Å². The quantitative estimate of drug-likeness (QED) is 0.180. The molecular formula is C49H29N3O2. The van der Waals surface area contributed by atoms with Crippen molar-refractivity contribution in [3.8, 4) is 56.4 Å². The Balaban J connectivity index is 1.12. The Labute approximate surface area is 309 Å². The fourth-order valence-electron chi connectivity index (χ4n) is 7.77. The molecule has 0 atom stereocenters. The van der Waals surface area contributed by atoms with Gasteiger partial charge in [-0.25, -0.2) is 15.0 Å². The van der Waals surface area contributed by atoms with Gasteiger partial charge in [0.2, 0.25) is 0 Å². The Hall–Kier alpha value is -7.37. The van der Waals surface area contributed by atoms with Crippen LogP contribution in [-0.2, 0) is 0 Å². The number of rotatable bonds is 5. The number of hydrogen-bond donors (Lipinski definition) is 0. The summed E-state index contributed by atoms with van der Waals surface area (Å²) in [6.07, 6.45) is 0. The van der Waals surface area contributed by atoms with Crippen LogP contribution in [0.25, 0.3) is 111 Å². The zero-order valence-electron chi connectivity index (χ0n) is 28.9. The molecule has 0 radical (unpaired) electrons. The van der Waals surface area contributed by atoms with Crippen LogP contribution < -0.4 is 0 Å². The van der Waals surface area contributed by atoms with E-state index in [-0.39, 0.29) is 0 Å². The second-order valence-electron chi connectivity index (χ2n) is 13.6. The number of benzene rings is 8. The molecule has 0 amide bonds. The summed E-state index contributed by atoms with van der Waals surface area (Å²) in [4.78, 5) is 15.4. The van der Waals surface area contributed by atoms with E-state index >= 15 is 0 Å². The summed E-state index contributed by atoms with van der Waals surface area (Å²) < 4.78 is 13.0. The molecule has 11 aromatic rings. The van der Waals surface area contributed by atoms with Gasteiger partial charge in [0.1, 0.15) is 22.3 Å². The van der Waals surface area contributed by atoms with Crippen LogP contribution in [0.5, 0.6) is 0 Å². The minimum atomic E-state index is 0.580. The van der Waals surface area contributed by atoms with E-state index in [1.54, 1.807) is 0 Å². The van der Waals surface area contributed by atoms with Gasteiger partial charge in [-0.15, -0.1) is 0 Å². The molecule has 0 aliphatic carbocycles. The summed E-state index contributed by atoms with van der Waals surface area (Å²) in [5.74, 6) is 1.79. The van der Waals surface area contributed by atoms with Gasteiger partial charge in [0, 0.05) is 43.8 Å². The normalized spacial score (nSPS) is 11.7. The minimum Gasteiger partial charge on any atom is -0.456 e. The van der Waals surface area contributed by atoms with Crippen LogP contribution in [0.1, 0.15) is 0 Å². The molecule has 0 bridgehead atoms. The van der Waals surface area contributed by atoms with Crippen LogP contribution >= 0.6 is 0 Å². The lowest BCUT2D eigenvalue weighted by Gasteiger charge is -2.10. The third-order valence-corrected chi connectivity index (χ3v) is 10.3.